The highest BCUT2D eigenvalue weighted by Crippen LogP contribution is 2.17. The van der Waals surface area contributed by atoms with Crippen molar-refractivity contribution in [1.29, 1.82) is 0 Å². The fourth-order valence-electron chi connectivity index (χ4n) is 3.13. The van der Waals surface area contributed by atoms with Crippen molar-refractivity contribution in [3.8, 4) is 0 Å². The number of piperidine rings is 1. The molecule has 1 amide bonds. The van der Waals surface area contributed by atoms with Gasteiger partial charge in [0.15, 0.2) is 0 Å². The van der Waals surface area contributed by atoms with Crippen LogP contribution >= 0.6 is 0 Å². The number of hydrogen-bond acceptors (Lipinski definition) is 4. The van der Waals surface area contributed by atoms with Gasteiger partial charge in [-0.05, 0) is 51.4 Å². The molecule has 1 aromatic rings. The quantitative estimate of drug-likeness (QED) is 0.685. The van der Waals surface area contributed by atoms with Gasteiger partial charge in [0.2, 0.25) is 15.9 Å². The molecule has 1 unspecified atom stereocenters. The van der Waals surface area contributed by atoms with Gasteiger partial charge in [0.05, 0.1) is 10.9 Å². The minimum atomic E-state index is -3.53. The first-order valence-corrected chi connectivity index (χ1v) is 10.5. The normalized spacial score (nSPS) is 18.9. The Morgan fingerprint density at radius 3 is 2.60 bits per heavy atom. The number of carbonyl (C=O) groups excluding carboxylic acids is 1. The predicted octanol–water partition coefficient (Wildman–Crippen LogP) is 1.65. The van der Waals surface area contributed by atoms with Crippen molar-refractivity contribution >= 4 is 15.9 Å². The highest BCUT2D eigenvalue weighted by Gasteiger charge is 2.27. The van der Waals surface area contributed by atoms with E-state index in [-0.39, 0.29) is 23.4 Å². The first-order valence-electron chi connectivity index (χ1n) is 9.02. The number of amides is 1. The standard InChI is InChI=1S/C18H29N3O3S/c1-3-13-21-14-5-4-6-17(21)18(22)19-11-12-20-25(23,24)16-9-7-15(2)8-10-16/h7-10,17,20H,3-6,11-14H2,1-2H3,(H,19,22). The summed E-state index contributed by atoms with van der Waals surface area (Å²) in [7, 11) is -3.53. The monoisotopic (exact) mass is 367 g/mol. The minimum Gasteiger partial charge on any atom is -0.353 e. The summed E-state index contributed by atoms with van der Waals surface area (Å²) in [6, 6.07) is 6.62. The average molecular weight is 368 g/mol. The molecule has 0 aliphatic carbocycles. The molecule has 1 aromatic carbocycles. The number of carbonyl (C=O) groups is 1. The second kappa shape index (κ2) is 9.31. The molecule has 6 nitrogen and oxygen atoms in total. The molecule has 0 radical (unpaired) electrons. The van der Waals surface area contributed by atoms with Crippen molar-refractivity contribution in [3.63, 3.8) is 0 Å². The number of nitrogens with zero attached hydrogens (tertiary/aromatic N) is 1. The maximum Gasteiger partial charge on any atom is 0.240 e. The summed E-state index contributed by atoms with van der Waals surface area (Å²) in [5.74, 6) is 0.00249. The lowest BCUT2D eigenvalue weighted by atomic mass is 10.0. The van der Waals surface area contributed by atoms with Crippen molar-refractivity contribution in [1.82, 2.24) is 14.9 Å². The van der Waals surface area contributed by atoms with E-state index in [4.69, 9.17) is 0 Å². The van der Waals surface area contributed by atoms with Gasteiger partial charge in [0.1, 0.15) is 0 Å². The second-order valence-electron chi connectivity index (χ2n) is 6.55. The Labute approximate surface area is 151 Å². The number of benzene rings is 1. The Hall–Kier alpha value is -1.44. The Bertz CT molecular complexity index is 657. The SMILES string of the molecule is CCCN1CCCCC1C(=O)NCCNS(=O)(=O)c1ccc(C)cc1. The number of aryl methyl sites for hydroxylation is 1. The molecule has 0 bridgehead atoms. The van der Waals surface area contributed by atoms with E-state index in [1.807, 2.05) is 6.92 Å². The van der Waals surface area contributed by atoms with Crippen LogP contribution in [0.15, 0.2) is 29.2 Å². The first kappa shape index (κ1) is 19.9. The summed E-state index contributed by atoms with van der Waals surface area (Å²) < 4.78 is 26.9. The van der Waals surface area contributed by atoms with Gasteiger partial charge in [-0.3, -0.25) is 9.69 Å². The summed E-state index contributed by atoms with van der Waals surface area (Å²) in [4.78, 5) is 14.9. The van der Waals surface area contributed by atoms with E-state index in [1.54, 1.807) is 24.3 Å². The second-order valence-corrected chi connectivity index (χ2v) is 8.32. The number of sulfonamides is 1. The average Bonchev–Trinajstić information content (AvgIpc) is 2.60. The van der Waals surface area contributed by atoms with E-state index in [1.165, 1.54) is 0 Å². The van der Waals surface area contributed by atoms with Crippen LogP contribution in [0.25, 0.3) is 0 Å². The Kier molecular flexibility index (Phi) is 7.40. The lowest BCUT2D eigenvalue weighted by Gasteiger charge is -2.34. The summed E-state index contributed by atoms with van der Waals surface area (Å²) in [6.45, 7) is 6.39. The van der Waals surface area contributed by atoms with Crippen molar-refractivity contribution in [3.05, 3.63) is 29.8 Å². The molecular formula is C18H29N3O3S. The summed E-state index contributed by atoms with van der Waals surface area (Å²) >= 11 is 0. The van der Waals surface area contributed by atoms with Gasteiger partial charge in [-0.2, -0.15) is 0 Å². The molecule has 25 heavy (non-hydrogen) atoms. The third-order valence-electron chi connectivity index (χ3n) is 4.47. The largest absolute Gasteiger partial charge is 0.353 e. The molecular weight excluding hydrogens is 338 g/mol. The van der Waals surface area contributed by atoms with E-state index >= 15 is 0 Å². The zero-order valence-electron chi connectivity index (χ0n) is 15.1. The molecule has 1 aliphatic heterocycles. The lowest BCUT2D eigenvalue weighted by molar-refractivity contribution is -0.127. The van der Waals surface area contributed by atoms with Gasteiger partial charge in [-0.1, -0.05) is 31.0 Å². The number of likely N-dealkylation sites (tertiary alicyclic amines) is 1. The van der Waals surface area contributed by atoms with Crippen LogP contribution < -0.4 is 10.0 Å². The van der Waals surface area contributed by atoms with Crippen LogP contribution in [0.2, 0.25) is 0 Å². The van der Waals surface area contributed by atoms with Gasteiger partial charge >= 0.3 is 0 Å². The summed E-state index contributed by atoms with van der Waals surface area (Å²) in [6.07, 6.45) is 4.11. The van der Waals surface area contributed by atoms with Crippen molar-refractivity contribution < 1.29 is 13.2 Å². The molecule has 1 atom stereocenters. The highest BCUT2D eigenvalue weighted by atomic mass is 32.2. The molecule has 1 aliphatic rings. The minimum absolute atomic E-state index is 0.00249. The van der Waals surface area contributed by atoms with Gasteiger partial charge in [0.25, 0.3) is 0 Å². The van der Waals surface area contributed by atoms with E-state index in [2.05, 4.69) is 21.9 Å². The topological polar surface area (TPSA) is 78.5 Å². The highest BCUT2D eigenvalue weighted by molar-refractivity contribution is 7.89. The molecule has 0 aromatic heterocycles. The summed E-state index contributed by atoms with van der Waals surface area (Å²) in [5.41, 5.74) is 1.01. The molecule has 2 N–H and O–H groups in total. The predicted molar refractivity (Wildman–Crippen MR) is 98.9 cm³/mol. The third kappa shape index (κ3) is 5.80. The zero-order valence-corrected chi connectivity index (χ0v) is 15.9. The third-order valence-corrected chi connectivity index (χ3v) is 5.95. The van der Waals surface area contributed by atoms with Crippen LogP contribution in [0.4, 0.5) is 0 Å². The van der Waals surface area contributed by atoms with Crippen molar-refractivity contribution in [2.75, 3.05) is 26.2 Å². The zero-order chi connectivity index (χ0) is 18.3. The van der Waals surface area contributed by atoms with Crippen LogP contribution in [0, 0.1) is 6.92 Å². The van der Waals surface area contributed by atoms with Crippen LogP contribution in [0.5, 0.6) is 0 Å². The maximum absolute atomic E-state index is 12.4. The number of rotatable bonds is 8. The smallest absolute Gasteiger partial charge is 0.240 e. The molecule has 0 saturated carbocycles. The lowest BCUT2D eigenvalue weighted by Crippen LogP contribution is -2.50. The first-order chi connectivity index (χ1) is 11.9. The van der Waals surface area contributed by atoms with E-state index < -0.39 is 10.0 Å². The molecule has 1 fully saturated rings. The van der Waals surface area contributed by atoms with Crippen LogP contribution in [-0.2, 0) is 14.8 Å². The molecule has 2 rings (SSSR count). The number of hydrogen-bond donors (Lipinski definition) is 2. The van der Waals surface area contributed by atoms with Crippen LogP contribution in [0.1, 0.15) is 38.2 Å². The van der Waals surface area contributed by atoms with Gasteiger partial charge < -0.3 is 5.32 Å². The van der Waals surface area contributed by atoms with Crippen molar-refractivity contribution in [2.24, 2.45) is 0 Å². The Morgan fingerprint density at radius 2 is 1.92 bits per heavy atom. The maximum atomic E-state index is 12.4. The molecule has 140 valence electrons. The Balaban J connectivity index is 1.79. The fraction of sp³-hybridized carbons (Fsp3) is 0.611. The van der Waals surface area contributed by atoms with Crippen molar-refractivity contribution in [2.45, 2.75) is 50.5 Å². The van der Waals surface area contributed by atoms with E-state index in [0.717, 1.165) is 44.3 Å². The molecule has 1 heterocycles. The van der Waals surface area contributed by atoms with Gasteiger partial charge in [0, 0.05) is 13.1 Å². The molecule has 0 spiro atoms. The summed E-state index contributed by atoms with van der Waals surface area (Å²) in [5, 5.41) is 2.87. The van der Waals surface area contributed by atoms with Gasteiger partial charge in [-0.25, -0.2) is 13.1 Å². The Morgan fingerprint density at radius 1 is 1.20 bits per heavy atom. The van der Waals surface area contributed by atoms with E-state index in [9.17, 15) is 13.2 Å². The molecule has 1 saturated heterocycles. The molecule has 7 heteroatoms. The number of nitrogens with one attached hydrogen (secondary N) is 2. The van der Waals surface area contributed by atoms with Crippen LogP contribution in [-0.4, -0.2) is 51.4 Å². The van der Waals surface area contributed by atoms with Gasteiger partial charge in [-0.15, -0.1) is 0 Å². The van der Waals surface area contributed by atoms with Crippen LogP contribution in [0.3, 0.4) is 0 Å². The fourth-order valence-corrected chi connectivity index (χ4v) is 4.16. The van der Waals surface area contributed by atoms with E-state index in [0.29, 0.717) is 6.54 Å².